The van der Waals surface area contributed by atoms with Crippen molar-refractivity contribution < 1.29 is 26.2 Å². The van der Waals surface area contributed by atoms with Crippen LogP contribution in [0.15, 0.2) is 16.6 Å². The molecule has 146 valence electrons. The Morgan fingerprint density at radius 1 is 0.760 bits per heavy atom. The van der Waals surface area contributed by atoms with Crippen LogP contribution in [0.2, 0.25) is 17.3 Å². The zero-order valence-corrected chi connectivity index (χ0v) is 23.0. The predicted molar refractivity (Wildman–Crippen MR) is 117 cm³/mol. The predicted octanol–water partition coefficient (Wildman–Crippen LogP) is 6.75. The molecule has 5 heteroatoms. The van der Waals surface area contributed by atoms with Gasteiger partial charge in [-0.25, -0.2) is 0 Å². The van der Waals surface area contributed by atoms with Gasteiger partial charge in [0.1, 0.15) is 0 Å². The Kier molecular flexibility index (Phi) is 36.1. The summed E-state index contributed by atoms with van der Waals surface area (Å²) in [5, 5.41) is 11.9. The molecule has 0 amide bonds. The minimum Gasteiger partial charge on any atom is 4.00 e. The van der Waals surface area contributed by atoms with Crippen LogP contribution in [-0.2, 0) is 26.2 Å². The smallest absolute Gasteiger partial charge is 4.00 e. The van der Waals surface area contributed by atoms with Crippen LogP contribution in [0.25, 0.3) is 16.0 Å². The van der Waals surface area contributed by atoms with Crippen molar-refractivity contribution in [3.05, 3.63) is 38.6 Å². The quantitative estimate of drug-likeness (QED) is 0.281. The van der Waals surface area contributed by atoms with E-state index in [0.29, 0.717) is 0 Å². The van der Waals surface area contributed by atoms with E-state index in [2.05, 4.69) is 51.4 Å². The molecule has 0 aromatic heterocycles. The zero-order chi connectivity index (χ0) is 19.3. The number of nitrogens with zero attached hydrogens (tertiary/aromatic N) is 3. The van der Waals surface area contributed by atoms with Gasteiger partial charge in [0, 0.05) is 0 Å². The minimum absolute atomic E-state index is 0. The molecule has 1 aliphatic carbocycles. The van der Waals surface area contributed by atoms with Gasteiger partial charge in [0.2, 0.25) is 0 Å². The molecule has 25 heavy (non-hydrogen) atoms. The van der Waals surface area contributed by atoms with Crippen molar-refractivity contribution in [3.63, 3.8) is 0 Å². The maximum atomic E-state index is 3.97. The minimum atomic E-state index is -1.46. The second-order valence-corrected chi connectivity index (χ2v) is 16.6. The SMILES string of the molecule is CC[N-]CC.CC[N-]CC.CC[N-]CC.[CH3][Ge]([CH3])([CH3])[C]1=[C-]CC=C1.[Zr+4]. The van der Waals surface area contributed by atoms with Crippen LogP contribution in [-0.4, -0.2) is 52.5 Å². The van der Waals surface area contributed by atoms with Crippen LogP contribution in [0.3, 0.4) is 0 Å². The Morgan fingerprint density at radius 3 is 1.16 bits per heavy atom. The average Bonchev–Trinajstić information content (AvgIpc) is 3.06. The Labute approximate surface area is 181 Å². The van der Waals surface area contributed by atoms with Gasteiger partial charge in [-0.3, -0.25) is 0 Å². The topological polar surface area (TPSA) is 42.3 Å². The van der Waals surface area contributed by atoms with Crippen molar-refractivity contribution in [2.45, 2.75) is 65.2 Å². The summed E-state index contributed by atoms with van der Waals surface area (Å²) in [6, 6.07) is 0. The van der Waals surface area contributed by atoms with Gasteiger partial charge in [-0.2, -0.15) is 39.3 Å². The van der Waals surface area contributed by atoms with Crippen molar-refractivity contribution in [2.75, 3.05) is 39.3 Å². The molecule has 0 saturated heterocycles. The molecule has 0 unspecified atom stereocenters. The third kappa shape index (κ3) is 32.9. The molecular formula is C20H43GeN3Zr. The van der Waals surface area contributed by atoms with E-state index < -0.39 is 13.3 Å². The second kappa shape index (κ2) is 27.0. The normalized spacial score (nSPS) is 11.6. The van der Waals surface area contributed by atoms with E-state index in [1.165, 1.54) is 4.41 Å². The largest absolute Gasteiger partial charge is 4.00 e. The van der Waals surface area contributed by atoms with Crippen LogP contribution in [0.5, 0.6) is 0 Å². The monoisotopic (exact) mass is 489 g/mol. The molecule has 0 saturated carbocycles. The van der Waals surface area contributed by atoms with E-state index in [0.717, 1.165) is 45.7 Å². The van der Waals surface area contributed by atoms with Gasteiger partial charge >= 0.3 is 85.8 Å². The number of hydrogen-bond donors (Lipinski definition) is 0. The van der Waals surface area contributed by atoms with Gasteiger partial charge in [-0.05, 0) is 0 Å². The summed E-state index contributed by atoms with van der Waals surface area (Å²) in [5.41, 5.74) is 0. The van der Waals surface area contributed by atoms with Gasteiger partial charge in [0.05, 0.1) is 0 Å². The Hall–Kier alpha value is 0.786. The van der Waals surface area contributed by atoms with Gasteiger partial charge < -0.3 is 16.0 Å². The standard InChI is InChI=1S/C8H13Ge.3C4H10N.Zr/c1-9(2,3)8-6-4-5-7-8;3*1-3-5-4-2;/h4,6H,5H2,1-3H3;3*3-4H2,1-2H3;/q4*-1;+4. The summed E-state index contributed by atoms with van der Waals surface area (Å²) in [5.74, 6) is 7.20. The van der Waals surface area contributed by atoms with E-state index >= 15 is 0 Å². The van der Waals surface area contributed by atoms with Crippen molar-refractivity contribution in [3.8, 4) is 0 Å². The van der Waals surface area contributed by atoms with Crippen LogP contribution >= 0.6 is 0 Å². The van der Waals surface area contributed by atoms with Gasteiger partial charge in [0.15, 0.2) is 0 Å². The van der Waals surface area contributed by atoms with Crippen molar-refractivity contribution in [1.82, 2.24) is 0 Å². The number of allylic oxidation sites excluding steroid dienone is 4. The molecule has 0 fully saturated rings. The zero-order valence-electron chi connectivity index (χ0n) is 18.4. The van der Waals surface area contributed by atoms with E-state index in [4.69, 9.17) is 0 Å². The van der Waals surface area contributed by atoms with Gasteiger partial charge in [-0.15, -0.1) is 0 Å². The van der Waals surface area contributed by atoms with E-state index in [-0.39, 0.29) is 26.2 Å². The van der Waals surface area contributed by atoms with Crippen LogP contribution in [0.4, 0.5) is 0 Å². The molecule has 0 heterocycles. The third-order valence-electron chi connectivity index (χ3n) is 2.84. The Bertz CT molecular complexity index is 267. The fraction of sp³-hybridized carbons (Fsp3) is 0.800. The third-order valence-corrected chi connectivity index (χ3v) is 6.96. The van der Waals surface area contributed by atoms with Crippen LogP contribution in [0.1, 0.15) is 48.0 Å². The molecule has 1 rings (SSSR count). The summed E-state index contributed by atoms with van der Waals surface area (Å²) in [6.07, 6.45) is 8.89. The molecule has 0 N–H and O–H groups in total. The molecule has 0 atom stereocenters. The summed E-state index contributed by atoms with van der Waals surface area (Å²) in [7, 11) is 0. The molecule has 0 radical (unpaired) electrons. The molecule has 0 spiro atoms. The first-order valence-corrected chi connectivity index (χ1v) is 16.9. The first kappa shape index (κ1) is 33.4. The summed E-state index contributed by atoms with van der Waals surface area (Å²) in [4.78, 5) is 0. The summed E-state index contributed by atoms with van der Waals surface area (Å²) < 4.78 is 1.54. The fourth-order valence-electron chi connectivity index (χ4n) is 1.59. The van der Waals surface area contributed by atoms with E-state index in [9.17, 15) is 0 Å². The van der Waals surface area contributed by atoms with Crippen molar-refractivity contribution in [2.24, 2.45) is 0 Å². The first-order chi connectivity index (χ1) is 11.3. The molecule has 3 nitrogen and oxygen atoms in total. The Morgan fingerprint density at radius 2 is 1.08 bits per heavy atom. The van der Waals surface area contributed by atoms with E-state index in [1.54, 1.807) is 0 Å². The molecule has 0 bridgehead atoms. The van der Waals surface area contributed by atoms with Crippen LogP contribution in [0, 0.1) is 6.08 Å². The van der Waals surface area contributed by atoms with Gasteiger partial charge in [-0.1, -0.05) is 41.5 Å². The van der Waals surface area contributed by atoms with E-state index in [1.807, 2.05) is 41.5 Å². The first-order valence-electron chi connectivity index (χ1n) is 9.52. The number of hydrogen-bond acceptors (Lipinski definition) is 0. The molecule has 1 aliphatic rings. The Balaban J connectivity index is -0.000000122. The molecule has 0 aromatic rings. The second-order valence-electron chi connectivity index (χ2n) is 6.02. The van der Waals surface area contributed by atoms with Crippen molar-refractivity contribution >= 4 is 13.3 Å². The molecular weight excluding hydrogens is 446 g/mol. The summed E-state index contributed by atoms with van der Waals surface area (Å²) >= 11 is -1.46. The number of rotatable bonds is 7. The van der Waals surface area contributed by atoms with Crippen molar-refractivity contribution in [1.29, 1.82) is 0 Å². The van der Waals surface area contributed by atoms with Crippen LogP contribution < -0.4 is 0 Å². The molecule has 0 aliphatic heterocycles. The summed E-state index contributed by atoms with van der Waals surface area (Å²) in [6.45, 7) is 18.1. The molecule has 0 aromatic carbocycles. The van der Waals surface area contributed by atoms with Gasteiger partial charge in [0.25, 0.3) is 0 Å². The average molecular weight is 489 g/mol. The fourth-order valence-corrected chi connectivity index (χ4v) is 4.21. The maximum absolute atomic E-state index is 3.97. The maximum Gasteiger partial charge on any atom is 4.00 e.